The molecule has 1 aromatic rings. The van der Waals surface area contributed by atoms with Crippen molar-refractivity contribution in [2.75, 3.05) is 6.26 Å². The van der Waals surface area contributed by atoms with Gasteiger partial charge in [0.2, 0.25) is 0 Å². The summed E-state index contributed by atoms with van der Waals surface area (Å²) in [6, 6.07) is 0. The summed E-state index contributed by atoms with van der Waals surface area (Å²) in [6.45, 7) is 0. The number of thioether (sulfide) groups is 2. The van der Waals surface area contributed by atoms with Crippen molar-refractivity contribution in [3.63, 3.8) is 0 Å². The lowest BCUT2D eigenvalue weighted by Crippen LogP contribution is -1.70. The molecule has 1 rings (SSSR count). The number of halogens is 1. The minimum Gasteiger partial charge on any atom is -0.291 e. The zero-order valence-electron chi connectivity index (χ0n) is 6.19. The zero-order chi connectivity index (χ0) is 8.97. The van der Waals surface area contributed by atoms with Gasteiger partial charge in [-0.1, -0.05) is 11.8 Å². The third-order valence-electron chi connectivity index (χ3n) is 1.21. The van der Waals surface area contributed by atoms with E-state index in [1.807, 2.05) is 22.6 Å². The van der Waals surface area contributed by atoms with Crippen LogP contribution < -0.4 is 0 Å². The molecule has 0 aliphatic carbocycles. The lowest BCUT2D eigenvalue weighted by Gasteiger charge is -1.90. The molecule has 6 heteroatoms. The molecule has 0 saturated carbocycles. The molecule has 0 atom stereocenters. The van der Waals surface area contributed by atoms with E-state index in [0.717, 1.165) is 15.4 Å². The van der Waals surface area contributed by atoms with Gasteiger partial charge in [-0.15, -0.1) is 11.8 Å². The molecule has 0 aromatic carbocycles. The van der Waals surface area contributed by atoms with E-state index in [2.05, 4.69) is 21.2 Å². The van der Waals surface area contributed by atoms with E-state index in [9.17, 15) is 4.79 Å². The van der Waals surface area contributed by atoms with Crippen LogP contribution in [0, 0.1) is 0 Å². The van der Waals surface area contributed by atoms with Crippen LogP contribution in [0.5, 0.6) is 0 Å². The fraction of sp³-hybridized carbons (Fsp3) is 0.167. The van der Waals surface area contributed by atoms with Gasteiger partial charge in [-0.2, -0.15) is 0 Å². The van der Waals surface area contributed by atoms with Gasteiger partial charge in [-0.3, -0.25) is 8.77 Å². The first-order valence-corrected chi connectivity index (χ1v) is 8.39. The maximum Gasteiger partial charge on any atom is 0.181 e. The van der Waals surface area contributed by atoms with Crippen LogP contribution >= 0.6 is 53.8 Å². The van der Waals surface area contributed by atoms with Crippen LogP contribution in [0.2, 0.25) is 0 Å². The van der Waals surface area contributed by atoms with E-state index in [1.54, 1.807) is 20.9 Å². The molecule has 0 N–H and O–H groups in total. The van der Waals surface area contributed by atoms with Gasteiger partial charge in [-0.25, -0.2) is 0 Å². The highest BCUT2D eigenvalue weighted by Gasteiger charge is 2.05. The van der Waals surface area contributed by atoms with Gasteiger partial charge in [0.15, 0.2) is 5.62 Å². The highest BCUT2D eigenvalue weighted by Crippen LogP contribution is 2.32. The quantitative estimate of drug-likeness (QED) is 0.479. The average Bonchev–Trinajstić information content (AvgIpc) is 2.48. The Morgan fingerprint density at radius 1 is 1.50 bits per heavy atom. The van der Waals surface area contributed by atoms with Gasteiger partial charge in [-0.05, 0) is 6.26 Å². The van der Waals surface area contributed by atoms with Crippen LogP contribution in [-0.2, 0) is 4.79 Å². The van der Waals surface area contributed by atoms with Crippen LogP contribution in [0.3, 0.4) is 0 Å². The molecule has 0 bridgehead atoms. The lowest BCUT2D eigenvalue weighted by molar-refractivity contribution is 0.570. The zero-order valence-corrected chi connectivity index (χ0v) is 10.8. The fourth-order valence-electron chi connectivity index (χ4n) is 0.729. The number of hydrogen-bond donors (Lipinski definition) is 0. The molecule has 12 heavy (non-hydrogen) atoms. The number of nitrogens with zero attached hydrogens (tertiary/aromatic N) is 1. The van der Waals surface area contributed by atoms with E-state index in [0.29, 0.717) is 0 Å². The van der Waals surface area contributed by atoms with Crippen molar-refractivity contribution in [2.45, 2.75) is 9.79 Å². The normalized spacial score (nSPS) is 10.2. The van der Waals surface area contributed by atoms with Crippen molar-refractivity contribution in [3.05, 3.63) is 12.4 Å². The number of carbonyl (C=O) groups excluding carboxylic acids is 1. The second-order valence-electron chi connectivity index (χ2n) is 1.83. The van der Waals surface area contributed by atoms with Crippen LogP contribution in [-0.4, -0.2) is 15.8 Å². The molecule has 1 heterocycles. The summed E-state index contributed by atoms with van der Waals surface area (Å²) in [4.78, 5) is 12.5. The predicted molar refractivity (Wildman–Crippen MR) is 65.8 cm³/mol. The highest BCUT2D eigenvalue weighted by atomic mass is 127. The summed E-state index contributed by atoms with van der Waals surface area (Å²) in [5.74, 6) is 0. The molecular weight excluding hydrogens is 325 g/mol. The average molecular weight is 331 g/mol. The molecule has 66 valence electrons. The first-order chi connectivity index (χ1) is 5.81. The molecule has 0 amide bonds. The van der Waals surface area contributed by atoms with Crippen molar-refractivity contribution in [1.29, 1.82) is 0 Å². The Morgan fingerprint density at radius 2 is 2.17 bits per heavy atom. The second-order valence-corrected chi connectivity index (χ2v) is 5.29. The lowest BCUT2D eigenvalue weighted by atomic mass is 10.7. The van der Waals surface area contributed by atoms with Crippen LogP contribution in [0.15, 0.2) is 22.2 Å². The highest BCUT2D eigenvalue weighted by molar-refractivity contribution is 14.2. The standard InChI is InChI=1S/C6H6INOS3/c1-10-5-2-8(12-7)3-6(5)11-4-9/h2-4H,1H3. The Bertz CT molecular complexity index is 276. The number of rotatable bonds is 4. The fourth-order valence-corrected chi connectivity index (χ4v) is 3.15. The minimum absolute atomic E-state index is 0.858. The summed E-state index contributed by atoms with van der Waals surface area (Å²) >= 11 is 5.08. The summed E-state index contributed by atoms with van der Waals surface area (Å²) < 4.78 is 1.98. The molecule has 2 nitrogen and oxygen atoms in total. The topological polar surface area (TPSA) is 22.0 Å². The summed E-state index contributed by atoms with van der Waals surface area (Å²) in [6.07, 6.45) is 5.99. The molecule has 0 saturated heterocycles. The van der Waals surface area contributed by atoms with Crippen molar-refractivity contribution in [2.24, 2.45) is 0 Å². The van der Waals surface area contributed by atoms with E-state index in [1.165, 1.54) is 11.8 Å². The van der Waals surface area contributed by atoms with Gasteiger partial charge in [0.25, 0.3) is 0 Å². The molecule has 0 fully saturated rings. The van der Waals surface area contributed by atoms with Gasteiger partial charge in [0.1, 0.15) is 0 Å². The molecule has 1 aromatic heterocycles. The smallest absolute Gasteiger partial charge is 0.181 e. The Balaban J connectivity index is 2.91. The maximum absolute atomic E-state index is 10.3. The molecule has 0 aliphatic heterocycles. The Labute approximate surface area is 96.0 Å². The predicted octanol–water partition coefficient (Wildman–Crippen LogP) is 3.34. The first kappa shape index (κ1) is 10.8. The Morgan fingerprint density at radius 3 is 2.67 bits per heavy atom. The Kier molecular flexibility index (Phi) is 4.92. The Hall–Kier alpha value is 0.730. The molecule has 0 unspecified atom stereocenters. The summed E-state index contributed by atoms with van der Waals surface area (Å²) in [5.41, 5.74) is 0.858. The third kappa shape index (κ3) is 2.61. The second kappa shape index (κ2) is 5.46. The summed E-state index contributed by atoms with van der Waals surface area (Å²) in [7, 11) is 1.59. The summed E-state index contributed by atoms with van der Waals surface area (Å²) in [5, 5.41) is 0. The first-order valence-electron chi connectivity index (χ1n) is 2.97. The van der Waals surface area contributed by atoms with Crippen molar-refractivity contribution >= 4 is 59.5 Å². The van der Waals surface area contributed by atoms with Gasteiger partial charge < -0.3 is 0 Å². The van der Waals surface area contributed by atoms with Gasteiger partial charge in [0.05, 0.1) is 0 Å². The third-order valence-corrected chi connectivity index (χ3v) is 4.51. The minimum atomic E-state index is 0.858. The van der Waals surface area contributed by atoms with Crippen LogP contribution in [0.25, 0.3) is 0 Å². The molecule has 0 radical (unpaired) electrons. The van der Waals surface area contributed by atoms with E-state index >= 15 is 0 Å². The van der Waals surface area contributed by atoms with Crippen molar-refractivity contribution in [3.8, 4) is 0 Å². The van der Waals surface area contributed by atoms with Gasteiger partial charge in [0, 0.05) is 52.5 Å². The van der Waals surface area contributed by atoms with Crippen molar-refractivity contribution in [1.82, 2.24) is 3.97 Å². The number of hydrogen-bond acceptors (Lipinski definition) is 4. The molecule has 0 spiro atoms. The molecular formula is C6H6INOS3. The van der Waals surface area contributed by atoms with Crippen LogP contribution in [0.4, 0.5) is 0 Å². The van der Waals surface area contributed by atoms with E-state index in [4.69, 9.17) is 0 Å². The molecule has 0 aliphatic rings. The van der Waals surface area contributed by atoms with Crippen molar-refractivity contribution < 1.29 is 4.79 Å². The SMILES string of the molecule is CSc1cn(SI)cc1SC=O. The monoisotopic (exact) mass is 331 g/mol. The number of carbonyl (C=O) groups is 1. The van der Waals surface area contributed by atoms with Gasteiger partial charge >= 0.3 is 0 Å². The largest absolute Gasteiger partial charge is 0.291 e. The van der Waals surface area contributed by atoms with Crippen LogP contribution in [0.1, 0.15) is 0 Å². The van der Waals surface area contributed by atoms with E-state index < -0.39 is 0 Å². The van der Waals surface area contributed by atoms with E-state index in [-0.39, 0.29) is 0 Å². The maximum atomic E-state index is 10.3. The number of aromatic nitrogens is 1.